The SMILES string of the molecule is CC(O)c1cc([N+](=O)[O-])ccc1OCC(N)=O. The molecule has 92 valence electrons. The summed E-state index contributed by atoms with van der Waals surface area (Å²) in [5.74, 6) is -0.468. The molecular formula is C10H12N2O5. The minimum Gasteiger partial charge on any atom is -0.483 e. The molecular weight excluding hydrogens is 228 g/mol. The molecule has 0 saturated carbocycles. The van der Waals surface area contributed by atoms with E-state index in [1.807, 2.05) is 0 Å². The maximum Gasteiger partial charge on any atom is 0.270 e. The van der Waals surface area contributed by atoms with Gasteiger partial charge in [0.1, 0.15) is 5.75 Å². The Morgan fingerprint density at radius 1 is 1.65 bits per heavy atom. The number of hydrogen-bond donors (Lipinski definition) is 2. The summed E-state index contributed by atoms with van der Waals surface area (Å²) in [7, 11) is 0. The van der Waals surface area contributed by atoms with E-state index in [1.165, 1.54) is 25.1 Å². The molecule has 0 saturated heterocycles. The summed E-state index contributed by atoms with van der Waals surface area (Å²) in [5, 5.41) is 20.0. The molecule has 1 aromatic rings. The van der Waals surface area contributed by atoms with Gasteiger partial charge in [0.2, 0.25) is 0 Å². The highest BCUT2D eigenvalue weighted by Gasteiger charge is 2.15. The molecule has 1 amide bonds. The van der Waals surface area contributed by atoms with Crippen molar-refractivity contribution < 1.29 is 19.6 Å². The number of carbonyl (C=O) groups excluding carboxylic acids is 1. The van der Waals surface area contributed by atoms with E-state index >= 15 is 0 Å². The Labute approximate surface area is 97.0 Å². The Hall–Kier alpha value is -2.15. The number of nitrogens with zero attached hydrogens (tertiary/aromatic N) is 1. The molecule has 0 aliphatic heterocycles. The Bertz CT molecular complexity index is 444. The molecule has 7 heteroatoms. The van der Waals surface area contributed by atoms with E-state index in [0.29, 0.717) is 0 Å². The smallest absolute Gasteiger partial charge is 0.270 e. The normalized spacial score (nSPS) is 11.9. The number of nitro groups is 1. The average molecular weight is 240 g/mol. The molecule has 0 aromatic heterocycles. The van der Waals surface area contributed by atoms with Gasteiger partial charge in [0, 0.05) is 17.7 Å². The molecule has 1 atom stereocenters. The number of amides is 1. The highest BCUT2D eigenvalue weighted by Crippen LogP contribution is 2.29. The van der Waals surface area contributed by atoms with E-state index in [-0.39, 0.29) is 23.6 Å². The van der Waals surface area contributed by atoms with E-state index in [2.05, 4.69) is 0 Å². The van der Waals surface area contributed by atoms with E-state index in [4.69, 9.17) is 10.5 Å². The van der Waals surface area contributed by atoms with Crippen LogP contribution in [0.3, 0.4) is 0 Å². The zero-order chi connectivity index (χ0) is 13.0. The number of carbonyl (C=O) groups is 1. The zero-order valence-corrected chi connectivity index (χ0v) is 9.12. The van der Waals surface area contributed by atoms with Crippen LogP contribution in [0, 0.1) is 10.1 Å². The lowest BCUT2D eigenvalue weighted by Gasteiger charge is -2.12. The number of ether oxygens (including phenoxy) is 1. The number of nitro benzene ring substituents is 1. The first kappa shape index (κ1) is 12.9. The summed E-state index contributed by atoms with van der Waals surface area (Å²) in [4.78, 5) is 20.5. The lowest BCUT2D eigenvalue weighted by atomic mass is 10.1. The number of primary amides is 1. The minimum absolute atomic E-state index is 0.160. The summed E-state index contributed by atoms with van der Waals surface area (Å²) in [6.07, 6.45) is -0.947. The van der Waals surface area contributed by atoms with Crippen molar-refractivity contribution in [3.05, 3.63) is 33.9 Å². The van der Waals surface area contributed by atoms with Crippen LogP contribution in [-0.4, -0.2) is 22.5 Å². The minimum atomic E-state index is -0.947. The molecule has 1 aromatic carbocycles. The van der Waals surface area contributed by atoms with Gasteiger partial charge in [0.15, 0.2) is 6.61 Å². The van der Waals surface area contributed by atoms with Crippen LogP contribution in [0.5, 0.6) is 5.75 Å². The Kier molecular flexibility index (Phi) is 4.00. The third-order valence-electron chi connectivity index (χ3n) is 2.02. The summed E-state index contributed by atoms with van der Waals surface area (Å²) in [5.41, 5.74) is 4.99. The number of rotatable bonds is 5. The molecule has 3 N–H and O–H groups in total. The molecule has 7 nitrogen and oxygen atoms in total. The maximum atomic E-state index is 10.6. The van der Waals surface area contributed by atoms with Crippen LogP contribution in [0.1, 0.15) is 18.6 Å². The van der Waals surface area contributed by atoms with Gasteiger partial charge in [0.05, 0.1) is 11.0 Å². The highest BCUT2D eigenvalue weighted by atomic mass is 16.6. The van der Waals surface area contributed by atoms with E-state index in [9.17, 15) is 20.0 Å². The van der Waals surface area contributed by atoms with Crippen LogP contribution in [0.4, 0.5) is 5.69 Å². The van der Waals surface area contributed by atoms with Crippen LogP contribution < -0.4 is 10.5 Å². The van der Waals surface area contributed by atoms with Gasteiger partial charge in [-0.1, -0.05) is 0 Å². The number of hydrogen-bond acceptors (Lipinski definition) is 5. The van der Waals surface area contributed by atoms with Gasteiger partial charge < -0.3 is 15.6 Å². The van der Waals surface area contributed by atoms with Gasteiger partial charge in [0.25, 0.3) is 11.6 Å². The molecule has 1 unspecified atom stereocenters. The monoisotopic (exact) mass is 240 g/mol. The molecule has 0 radical (unpaired) electrons. The van der Waals surface area contributed by atoms with Gasteiger partial charge in [-0.3, -0.25) is 14.9 Å². The first-order valence-electron chi connectivity index (χ1n) is 4.79. The fourth-order valence-corrected chi connectivity index (χ4v) is 1.26. The zero-order valence-electron chi connectivity index (χ0n) is 9.12. The quantitative estimate of drug-likeness (QED) is 0.574. The third kappa shape index (κ3) is 3.42. The van der Waals surface area contributed by atoms with Crippen molar-refractivity contribution in [2.24, 2.45) is 5.73 Å². The molecule has 0 fully saturated rings. The molecule has 0 heterocycles. The van der Waals surface area contributed by atoms with Crippen molar-refractivity contribution in [2.45, 2.75) is 13.0 Å². The topological polar surface area (TPSA) is 116 Å². The molecule has 0 aliphatic carbocycles. The number of non-ortho nitro benzene ring substituents is 1. The van der Waals surface area contributed by atoms with Crippen LogP contribution >= 0.6 is 0 Å². The summed E-state index contributed by atoms with van der Waals surface area (Å²) in [6, 6.07) is 3.74. The highest BCUT2D eigenvalue weighted by molar-refractivity contribution is 5.75. The van der Waals surface area contributed by atoms with Gasteiger partial charge in [-0.25, -0.2) is 0 Å². The van der Waals surface area contributed by atoms with Gasteiger partial charge in [-0.2, -0.15) is 0 Å². The number of aliphatic hydroxyl groups is 1. The lowest BCUT2D eigenvalue weighted by Crippen LogP contribution is -2.20. The summed E-state index contributed by atoms with van der Waals surface area (Å²) >= 11 is 0. The van der Waals surface area contributed by atoms with Gasteiger partial charge in [-0.15, -0.1) is 0 Å². The molecule has 17 heavy (non-hydrogen) atoms. The van der Waals surface area contributed by atoms with Crippen molar-refractivity contribution >= 4 is 11.6 Å². The van der Waals surface area contributed by atoms with Crippen LogP contribution in [0.25, 0.3) is 0 Å². The molecule has 1 rings (SSSR count). The molecule has 0 spiro atoms. The standard InChI is InChI=1S/C10H12N2O5/c1-6(13)8-4-7(12(15)16)2-3-9(8)17-5-10(11)14/h2-4,6,13H,5H2,1H3,(H2,11,14). The number of nitrogens with two attached hydrogens (primary N) is 1. The maximum absolute atomic E-state index is 10.6. The second-order valence-corrected chi connectivity index (χ2v) is 3.41. The van der Waals surface area contributed by atoms with Gasteiger partial charge >= 0.3 is 0 Å². The second-order valence-electron chi connectivity index (χ2n) is 3.41. The van der Waals surface area contributed by atoms with Gasteiger partial charge in [-0.05, 0) is 13.0 Å². The van der Waals surface area contributed by atoms with Crippen LogP contribution in [0.2, 0.25) is 0 Å². The number of benzene rings is 1. The second kappa shape index (κ2) is 5.26. The summed E-state index contributed by atoms with van der Waals surface area (Å²) < 4.78 is 5.04. The Morgan fingerprint density at radius 3 is 2.76 bits per heavy atom. The molecule has 0 aliphatic rings. The van der Waals surface area contributed by atoms with E-state index in [0.717, 1.165) is 0 Å². The van der Waals surface area contributed by atoms with Crippen molar-refractivity contribution in [3.63, 3.8) is 0 Å². The van der Waals surface area contributed by atoms with Crippen molar-refractivity contribution in [3.8, 4) is 5.75 Å². The first-order valence-corrected chi connectivity index (χ1v) is 4.79. The first-order chi connectivity index (χ1) is 7.91. The third-order valence-corrected chi connectivity index (χ3v) is 2.02. The van der Waals surface area contributed by atoms with Crippen LogP contribution in [-0.2, 0) is 4.79 Å². The predicted molar refractivity (Wildman–Crippen MR) is 58.4 cm³/mol. The van der Waals surface area contributed by atoms with Crippen molar-refractivity contribution in [2.75, 3.05) is 6.61 Å². The predicted octanol–water partition coefficient (Wildman–Crippen LogP) is 0.512. The lowest BCUT2D eigenvalue weighted by molar-refractivity contribution is -0.385. The average Bonchev–Trinajstić information content (AvgIpc) is 2.25. The number of aliphatic hydroxyl groups excluding tert-OH is 1. The van der Waals surface area contributed by atoms with E-state index < -0.39 is 16.9 Å². The fraction of sp³-hybridized carbons (Fsp3) is 0.300. The van der Waals surface area contributed by atoms with Crippen molar-refractivity contribution in [1.82, 2.24) is 0 Å². The largest absolute Gasteiger partial charge is 0.483 e. The summed E-state index contributed by atoms with van der Waals surface area (Å²) in [6.45, 7) is 1.09. The Morgan fingerprint density at radius 2 is 2.29 bits per heavy atom. The fourth-order valence-electron chi connectivity index (χ4n) is 1.26. The van der Waals surface area contributed by atoms with Crippen LogP contribution in [0.15, 0.2) is 18.2 Å². The Balaban J connectivity index is 3.04. The molecule has 0 bridgehead atoms. The van der Waals surface area contributed by atoms with Crippen molar-refractivity contribution in [1.29, 1.82) is 0 Å². The van der Waals surface area contributed by atoms with E-state index in [1.54, 1.807) is 0 Å².